The molecule has 0 aromatic carbocycles. The fraction of sp³-hybridized carbons (Fsp3) is 0.143. The van der Waals surface area contributed by atoms with Crippen molar-refractivity contribution in [3.8, 4) is 0 Å². The number of hydrogen-bond acceptors (Lipinski definition) is 2. The molecule has 0 spiro atoms. The average molecular weight is 191 g/mol. The van der Waals surface area contributed by atoms with Crippen molar-refractivity contribution in [3.63, 3.8) is 0 Å². The molecular weight excluding hydrogens is 184 g/mol. The van der Waals surface area contributed by atoms with Crippen LogP contribution in [0.5, 0.6) is 0 Å². The molecule has 0 aliphatic heterocycles. The molecule has 0 saturated carbocycles. The van der Waals surface area contributed by atoms with Crippen LogP contribution >= 0.6 is 34.7 Å². The Labute approximate surface area is 73.9 Å². The maximum absolute atomic E-state index is 5.72. The molecule has 0 aliphatic rings. The molecule has 1 rings (SSSR count). The van der Waals surface area contributed by atoms with Crippen molar-refractivity contribution in [3.05, 3.63) is 26.8 Å². The lowest BCUT2D eigenvalue weighted by molar-refractivity contribution is 1.96. The summed E-state index contributed by atoms with van der Waals surface area (Å²) in [6.45, 7) is 0. The minimum atomic E-state index is 0.848. The van der Waals surface area contributed by atoms with Gasteiger partial charge in [-0.25, -0.2) is 0 Å². The van der Waals surface area contributed by atoms with Crippen LogP contribution in [-0.2, 0) is 0 Å². The molecule has 1 aromatic heterocycles. The van der Waals surface area contributed by atoms with Crippen molar-refractivity contribution < 1.29 is 0 Å². The molecule has 0 atom stereocenters. The van der Waals surface area contributed by atoms with Crippen LogP contribution in [0.2, 0.25) is 4.34 Å². The number of rotatable bonds is 2. The standard InChI is InChI=1S/C7H7ClS2/c1-9-5-4-6-2-3-7(8)10-6/h2-5H,1H3/b5-4+. The van der Waals surface area contributed by atoms with E-state index in [0.29, 0.717) is 0 Å². The van der Waals surface area contributed by atoms with Gasteiger partial charge in [0.05, 0.1) is 4.34 Å². The van der Waals surface area contributed by atoms with E-state index in [0.717, 1.165) is 4.34 Å². The largest absolute Gasteiger partial charge is 0.138 e. The lowest BCUT2D eigenvalue weighted by atomic mass is 10.5. The van der Waals surface area contributed by atoms with Crippen LogP contribution < -0.4 is 0 Å². The molecule has 3 heteroatoms. The Balaban J connectivity index is 2.67. The van der Waals surface area contributed by atoms with Crippen LogP contribution in [0.15, 0.2) is 17.5 Å². The third kappa shape index (κ3) is 2.37. The van der Waals surface area contributed by atoms with Crippen molar-refractivity contribution in [2.45, 2.75) is 0 Å². The molecule has 0 saturated heterocycles. The second kappa shape index (κ2) is 4.06. The predicted molar refractivity (Wildman–Crippen MR) is 51.9 cm³/mol. The Kier molecular flexibility index (Phi) is 3.32. The van der Waals surface area contributed by atoms with Gasteiger partial charge in [-0.05, 0) is 29.9 Å². The fourth-order valence-corrected chi connectivity index (χ4v) is 1.89. The van der Waals surface area contributed by atoms with Gasteiger partial charge >= 0.3 is 0 Å². The fourth-order valence-electron chi connectivity index (χ4n) is 0.553. The molecule has 0 bridgehead atoms. The highest BCUT2D eigenvalue weighted by Crippen LogP contribution is 2.22. The van der Waals surface area contributed by atoms with E-state index < -0.39 is 0 Å². The summed E-state index contributed by atoms with van der Waals surface area (Å²) in [5, 5.41) is 2.04. The van der Waals surface area contributed by atoms with Crippen LogP contribution in [-0.4, -0.2) is 6.26 Å². The first-order valence-electron chi connectivity index (χ1n) is 2.77. The van der Waals surface area contributed by atoms with Gasteiger partial charge in [-0.2, -0.15) is 0 Å². The summed E-state index contributed by atoms with van der Waals surface area (Å²) in [5.41, 5.74) is 0. The van der Waals surface area contributed by atoms with E-state index in [2.05, 4.69) is 6.08 Å². The Morgan fingerprint density at radius 2 is 2.40 bits per heavy atom. The molecular formula is C7H7ClS2. The summed E-state index contributed by atoms with van der Waals surface area (Å²) in [6.07, 6.45) is 4.09. The van der Waals surface area contributed by atoms with Crippen LogP contribution in [0.1, 0.15) is 4.88 Å². The van der Waals surface area contributed by atoms with Gasteiger partial charge in [0.1, 0.15) is 0 Å². The topological polar surface area (TPSA) is 0 Å². The van der Waals surface area contributed by atoms with Crippen molar-refractivity contribution in [1.82, 2.24) is 0 Å². The van der Waals surface area contributed by atoms with Gasteiger partial charge in [-0.15, -0.1) is 23.1 Å². The molecule has 0 amide bonds. The minimum Gasteiger partial charge on any atom is -0.138 e. The molecule has 54 valence electrons. The Morgan fingerprint density at radius 3 is 2.90 bits per heavy atom. The van der Waals surface area contributed by atoms with Crippen molar-refractivity contribution in [2.75, 3.05) is 6.26 Å². The van der Waals surface area contributed by atoms with E-state index in [4.69, 9.17) is 11.6 Å². The lowest BCUT2D eigenvalue weighted by Gasteiger charge is -1.79. The third-order valence-corrected chi connectivity index (χ3v) is 2.57. The Bertz CT molecular complexity index is 227. The normalized spacial score (nSPS) is 11.0. The summed E-state index contributed by atoms with van der Waals surface area (Å²) in [6, 6.07) is 3.92. The average Bonchev–Trinajstić information content (AvgIpc) is 2.31. The Hall–Kier alpha value is 0.0800. The third-order valence-electron chi connectivity index (χ3n) is 0.962. The van der Waals surface area contributed by atoms with Crippen molar-refractivity contribution in [1.29, 1.82) is 0 Å². The van der Waals surface area contributed by atoms with Gasteiger partial charge in [-0.3, -0.25) is 0 Å². The van der Waals surface area contributed by atoms with E-state index in [1.54, 1.807) is 23.1 Å². The smallest absolute Gasteiger partial charge is 0.0934 e. The first-order valence-corrected chi connectivity index (χ1v) is 5.26. The molecule has 10 heavy (non-hydrogen) atoms. The lowest BCUT2D eigenvalue weighted by Crippen LogP contribution is -1.51. The number of halogens is 1. The Morgan fingerprint density at radius 1 is 1.60 bits per heavy atom. The van der Waals surface area contributed by atoms with Crippen LogP contribution in [0, 0.1) is 0 Å². The highest BCUT2D eigenvalue weighted by Gasteiger charge is 1.90. The minimum absolute atomic E-state index is 0.848. The van der Waals surface area contributed by atoms with Gasteiger partial charge in [0.2, 0.25) is 0 Å². The van der Waals surface area contributed by atoms with Gasteiger partial charge in [-0.1, -0.05) is 11.6 Å². The molecule has 1 heterocycles. The highest BCUT2D eigenvalue weighted by atomic mass is 35.5. The van der Waals surface area contributed by atoms with Crippen LogP contribution in [0.25, 0.3) is 6.08 Å². The maximum Gasteiger partial charge on any atom is 0.0934 e. The van der Waals surface area contributed by atoms with Gasteiger partial charge in [0, 0.05) is 4.88 Å². The maximum atomic E-state index is 5.72. The van der Waals surface area contributed by atoms with E-state index in [1.807, 2.05) is 23.8 Å². The molecule has 0 nitrogen and oxygen atoms in total. The van der Waals surface area contributed by atoms with E-state index >= 15 is 0 Å². The van der Waals surface area contributed by atoms with Crippen LogP contribution in [0.4, 0.5) is 0 Å². The number of thiophene rings is 1. The van der Waals surface area contributed by atoms with Gasteiger partial charge in [0.25, 0.3) is 0 Å². The quantitative estimate of drug-likeness (QED) is 0.685. The van der Waals surface area contributed by atoms with Gasteiger partial charge < -0.3 is 0 Å². The monoisotopic (exact) mass is 190 g/mol. The predicted octanol–water partition coefficient (Wildman–Crippen LogP) is 3.74. The second-order valence-electron chi connectivity index (χ2n) is 1.68. The molecule has 1 aromatic rings. The molecule has 0 aliphatic carbocycles. The van der Waals surface area contributed by atoms with E-state index in [9.17, 15) is 0 Å². The summed E-state index contributed by atoms with van der Waals surface area (Å²) in [5.74, 6) is 0. The van der Waals surface area contributed by atoms with Gasteiger partial charge in [0.15, 0.2) is 0 Å². The zero-order valence-electron chi connectivity index (χ0n) is 5.50. The first-order chi connectivity index (χ1) is 4.83. The summed E-state index contributed by atoms with van der Waals surface area (Å²) in [4.78, 5) is 1.21. The zero-order valence-corrected chi connectivity index (χ0v) is 7.89. The first kappa shape index (κ1) is 8.18. The van der Waals surface area contributed by atoms with Crippen molar-refractivity contribution in [2.24, 2.45) is 0 Å². The van der Waals surface area contributed by atoms with E-state index in [-0.39, 0.29) is 0 Å². The van der Waals surface area contributed by atoms with Crippen LogP contribution in [0.3, 0.4) is 0 Å². The molecule has 0 unspecified atom stereocenters. The summed E-state index contributed by atoms with van der Waals surface area (Å²) < 4.78 is 0.848. The SMILES string of the molecule is CS/C=C/c1ccc(Cl)s1. The summed E-state index contributed by atoms with van der Waals surface area (Å²) >= 11 is 9.00. The van der Waals surface area contributed by atoms with E-state index in [1.165, 1.54) is 4.88 Å². The summed E-state index contributed by atoms with van der Waals surface area (Å²) in [7, 11) is 0. The molecule has 0 N–H and O–H groups in total. The zero-order chi connectivity index (χ0) is 7.40. The number of hydrogen-bond donors (Lipinski definition) is 0. The highest BCUT2D eigenvalue weighted by molar-refractivity contribution is 8.01. The number of thioether (sulfide) groups is 1. The molecule has 0 fully saturated rings. The second-order valence-corrected chi connectivity index (χ2v) is 4.17. The molecule has 0 radical (unpaired) electrons. The van der Waals surface area contributed by atoms with Crippen molar-refractivity contribution >= 4 is 40.8 Å².